The van der Waals surface area contributed by atoms with Crippen molar-refractivity contribution in [3.05, 3.63) is 58.2 Å². The molecule has 0 amide bonds. The van der Waals surface area contributed by atoms with Gasteiger partial charge in [0.15, 0.2) is 0 Å². The molecule has 0 aliphatic carbocycles. The Kier molecular flexibility index (Phi) is 7.87. The van der Waals surface area contributed by atoms with Crippen LogP contribution < -0.4 is 11.5 Å². The Labute approximate surface area is 155 Å². The summed E-state index contributed by atoms with van der Waals surface area (Å²) >= 11 is 0. The van der Waals surface area contributed by atoms with Crippen LogP contribution in [0, 0.1) is 11.7 Å². The quantitative estimate of drug-likeness (QED) is 0.321. The van der Waals surface area contributed by atoms with Gasteiger partial charge in [0.25, 0.3) is 0 Å². The van der Waals surface area contributed by atoms with Crippen molar-refractivity contribution in [2.24, 2.45) is 17.4 Å². The molecule has 1 aromatic rings. The summed E-state index contributed by atoms with van der Waals surface area (Å²) in [6.45, 7) is 4.61. The molecule has 0 unspecified atom stereocenters. The Morgan fingerprint density at radius 2 is 1.70 bits per heavy atom. The highest BCUT2D eigenvalue weighted by Crippen LogP contribution is 2.36. The Morgan fingerprint density at radius 1 is 1.15 bits per heavy atom. The molecule has 1 rings (SSSR count). The number of rotatable bonds is 7. The van der Waals surface area contributed by atoms with Crippen LogP contribution in [0.25, 0.3) is 0 Å². The average Bonchev–Trinajstić information content (AvgIpc) is 2.51. The molecular weight excluding hydrogens is 364 g/mol. The average molecular weight is 388 g/mol. The van der Waals surface area contributed by atoms with Crippen molar-refractivity contribution in [3.63, 3.8) is 0 Å². The normalized spacial score (nSPS) is 12.6. The first kappa shape index (κ1) is 22.5. The summed E-state index contributed by atoms with van der Waals surface area (Å²) in [5.74, 6) is -2.47. The third kappa shape index (κ3) is 6.96. The Bertz CT molecular complexity index is 716. The fourth-order valence-corrected chi connectivity index (χ4v) is 2.66. The van der Waals surface area contributed by atoms with E-state index in [0.717, 1.165) is 0 Å². The maximum Gasteiger partial charge on any atom is 0.417 e. The lowest BCUT2D eigenvalue weighted by Crippen LogP contribution is -2.28. The van der Waals surface area contributed by atoms with Crippen LogP contribution in [0.2, 0.25) is 0 Å². The predicted octanol–water partition coefficient (Wildman–Crippen LogP) is 3.97. The number of benzene rings is 1. The maximum absolute atomic E-state index is 13.6. The van der Waals surface area contributed by atoms with Crippen LogP contribution in [0.3, 0.4) is 0 Å². The highest BCUT2D eigenvalue weighted by Gasteiger charge is 2.41. The third-order valence-electron chi connectivity index (χ3n) is 3.70. The van der Waals surface area contributed by atoms with E-state index in [4.69, 9.17) is 16.2 Å². The number of carbonyl (C=O) groups is 1. The molecule has 4 N–H and O–H groups in total. The number of allylic oxidation sites excluding steroid dienone is 1. The molecule has 0 aliphatic heterocycles. The molecule has 0 spiro atoms. The van der Waals surface area contributed by atoms with Gasteiger partial charge < -0.3 is 16.2 Å². The first-order valence-corrected chi connectivity index (χ1v) is 8.37. The van der Waals surface area contributed by atoms with Gasteiger partial charge in [-0.2, -0.15) is 13.2 Å². The van der Waals surface area contributed by atoms with Gasteiger partial charge in [0.1, 0.15) is 17.2 Å². The van der Waals surface area contributed by atoms with Crippen molar-refractivity contribution in [2.75, 3.05) is 6.61 Å². The number of carbonyl (C=O) groups excluding carboxylic acids is 1. The van der Waals surface area contributed by atoms with Crippen molar-refractivity contribution in [3.8, 4) is 0 Å². The maximum atomic E-state index is 13.6. The molecule has 0 saturated heterocycles. The number of esters is 1. The van der Waals surface area contributed by atoms with Crippen molar-refractivity contribution in [1.29, 1.82) is 0 Å². The van der Waals surface area contributed by atoms with Gasteiger partial charge in [-0.05, 0) is 37.0 Å². The molecule has 150 valence electrons. The van der Waals surface area contributed by atoms with E-state index in [-0.39, 0.29) is 30.9 Å². The third-order valence-corrected chi connectivity index (χ3v) is 3.70. The van der Waals surface area contributed by atoms with E-state index in [1.807, 2.05) is 0 Å². The minimum absolute atomic E-state index is 0.0450. The zero-order valence-corrected chi connectivity index (χ0v) is 15.5. The summed E-state index contributed by atoms with van der Waals surface area (Å²) in [6.07, 6.45) is -4.48. The molecule has 8 heteroatoms. The highest BCUT2D eigenvalue weighted by molar-refractivity contribution is 5.94. The van der Waals surface area contributed by atoms with Crippen LogP contribution in [0.5, 0.6) is 0 Å². The topological polar surface area (TPSA) is 78.3 Å². The summed E-state index contributed by atoms with van der Waals surface area (Å²) in [6, 6.07) is 5.45. The van der Waals surface area contributed by atoms with Gasteiger partial charge in [-0.3, -0.25) is 0 Å². The smallest absolute Gasteiger partial charge is 0.417 e. The number of hydrogen-bond acceptors (Lipinski definition) is 4. The number of alkyl halides is 3. The van der Waals surface area contributed by atoms with Gasteiger partial charge in [-0.1, -0.05) is 31.6 Å². The first-order chi connectivity index (χ1) is 12.4. The second-order valence-corrected chi connectivity index (χ2v) is 6.59. The second kappa shape index (κ2) is 9.43. The van der Waals surface area contributed by atoms with E-state index in [9.17, 15) is 22.4 Å². The molecule has 27 heavy (non-hydrogen) atoms. The van der Waals surface area contributed by atoms with Crippen molar-refractivity contribution >= 4 is 5.97 Å². The van der Waals surface area contributed by atoms with Crippen LogP contribution in [-0.4, -0.2) is 18.8 Å². The van der Waals surface area contributed by atoms with Gasteiger partial charge >= 0.3 is 12.1 Å². The SMILES string of the molecule is C/C(CC(C)C)=C(/C(C(=O)OCCc1ccc(F)cc1)=C(N)N)C(F)(F)F. The molecular formula is C19H24F4N2O2. The van der Waals surface area contributed by atoms with Crippen LogP contribution in [0.1, 0.15) is 32.8 Å². The van der Waals surface area contributed by atoms with E-state index >= 15 is 0 Å². The molecule has 0 heterocycles. The zero-order valence-electron chi connectivity index (χ0n) is 15.5. The fraction of sp³-hybridized carbons (Fsp3) is 0.421. The summed E-state index contributed by atoms with van der Waals surface area (Å²) in [5.41, 5.74) is 9.35. The molecule has 0 radical (unpaired) electrons. The summed E-state index contributed by atoms with van der Waals surface area (Å²) < 4.78 is 58.5. The van der Waals surface area contributed by atoms with Gasteiger partial charge in [-0.15, -0.1) is 0 Å². The lowest BCUT2D eigenvalue weighted by molar-refractivity contribution is -0.140. The Morgan fingerprint density at radius 3 is 2.15 bits per heavy atom. The zero-order chi connectivity index (χ0) is 20.8. The molecule has 0 bridgehead atoms. The first-order valence-electron chi connectivity index (χ1n) is 8.37. The van der Waals surface area contributed by atoms with E-state index < -0.39 is 34.9 Å². The van der Waals surface area contributed by atoms with E-state index in [1.165, 1.54) is 31.2 Å². The van der Waals surface area contributed by atoms with Gasteiger partial charge in [0, 0.05) is 6.42 Å². The van der Waals surface area contributed by atoms with Crippen LogP contribution in [-0.2, 0) is 16.0 Å². The largest absolute Gasteiger partial charge is 0.462 e. The number of ether oxygens (including phenoxy) is 1. The van der Waals surface area contributed by atoms with E-state index in [0.29, 0.717) is 5.56 Å². The van der Waals surface area contributed by atoms with Crippen molar-refractivity contribution in [1.82, 2.24) is 0 Å². The van der Waals surface area contributed by atoms with Gasteiger partial charge in [0.2, 0.25) is 0 Å². The van der Waals surface area contributed by atoms with Crippen LogP contribution >= 0.6 is 0 Å². The molecule has 0 atom stereocenters. The summed E-state index contributed by atoms with van der Waals surface area (Å²) in [7, 11) is 0. The summed E-state index contributed by atoms with van der Waals surface area (Å²) in [5, 5.41) is 0. The van der Waals surface area contributed by atoms with Crippen LogP contribution in [0.15, 0.2) is 46.8 Å². The fourth-order valence-electron chi connectivity index (χ4n) is 2.66. The minimum atomic E-state index is -4.81. The second-order valence-electron chi connectivity index (χ2n) is 6.59. The Balaban J connectivity index is 3.02. The molecule has 0 aromatic heterocycles. The highest BCUT2D eigenvalue weighted by atomic mass is 19.4. The van der Waals surface area contributed by atoms with Crippen molar-refractivity contribution in [2.45, 2.75) is 39.8 Å². The lowest BCUT2D eigenvalue weighted by atomic mass is 9.94. The van der Waals surface area contributed by atoms with E-state index in [1.54, 1.807) is 13.8 Å². The standard InChI is InChI=1S/C19H24F4N2O2/c1-11(2)10-12(3)16(19(21,22)23)15(17(24)25)18(26)27-9-8-13-4-6-14(20)7-5-13/h4-7,11H,8-10,24-25H2,1-3H3/b16-12+. The van der Waals surface area contributed by atoms with Crippen molar-refractivity contribution < 1.29 is 27.1 Å². The van der Waals surface area contributed by atoms with Gasteiger partial charge in [-0.25, -0.2) is 9.18 Å². The molecule has 1 aromatic carbocycles. The van der Waals surface area contributed by atoms with Crippen LogP contribution in [0.4, 0.5) is 17.6 Å². The minimum Gasteiger partial charge on any atom is -0.462 e. The molecule has 0 saturated carbocycles. The summed E-state index contributed by atoms with van der Waals surface area (Å²) in [4.78, 5) is 12.3. The van der Waals surface area contributed by atoms with Gasteiger partial charge in [0.05, 0.1) is 12.2 Å². The number of hydrogen-bond donors (Lipinski definition) is 2. The molecule has 0 fully saturated rings. The van der Waals surface area contributed by atoms with E-state index in [2.05, 4.69) is 0 Å². The lowest BCUT2D eigenvalue weighted by Gasteiger charge is -2.20. The Hall–Kier alpha value is -2.51. The molecule has 0 aliphatic rings. The number of nitrogens with two attached hydrogens (primary N) is 2. The number of halogens is 4. The molecule has 4 nitrogen and oxygen atoms in total. The monoisotopic (exact) mass is 388 g/mol. The predicted molar refractivity (Wildman–Crippen MR) is 94.7 cm³/mol.